The van der Waals surface area contributed by atoms with Crippen LogP contribution < -0.4 is 20.7 Å². The van der Waals surface area contributed by atoms with Crippen LogP contribution in [0, 0.1) is 5.92 Å². The van der Waals surface area contributed by atoms with Crippen LogP contribution in [-0.2, 0) is 28.2 Å². The maximum atomic E-state index is 14.1. The highest BCUT2D eigenvalue weighted by Crippen LogP contribution is 2.44. The van der Waals surface area contributed by atoms with Crippen LogP contribution >= 0.6 is 7.60 Å². The third kappa shape index (κ3) is 7.11. The predicted octanol–water partition coefficient (Wildman–Crippen LogP) is 5.27. The fourth-order valence-electron chi connectivity index (χ4n) is 6.10. The highest BCUT2D eigenvalue weighted by Gasteiger charge is 2.38. The molecule has 0 bridgehead atoms. The van der Waals surface area contributed by atoms with E-state index < -0.39 is 31.3 Å². The minimum atomic E-state index is -4.82. The molecule has 0 unspecified atom stereocenters. The largest absolute Gasteiger partial charge is 0.495 e. The molecule has 2 aromatic carbocycles. The van der Waals surface area contributed by atoms with Crippen molar-refractivity contribution >= 4 is 42.6 Å². The molecule has 3 aromatic rings. The molecule has 12 nitrogen and oxygen atoms in total. The van der Waals surface area contributed by atoms with Gasteiger partial charge in [0.15, 0.2) is 0 Å². The Morgan fingerprint density at radius 3 is 2.43 bits per heavy atom. The number of benzene rings is 2. The third-order valence-electron chi connectivity index (χ3n) is 8.34. The highest BCUT2D eigenvalue weighted by atomic mass is 31.2. The van der Waals surface area contributed by atoms with Gasteiger partial charge < -0.3 is 35.4 Å². The monoisotopic (exact) mass is 662 g/mol. The van der Waals surface area contributed by atoms with Crippen molar-refractivity contribution in [2.45, 2.75) is 50.5 Å². The zero-order valence-corrected chi connectivity index (χ0v) is 26.2. The van der Waals surface area contributed by atoms with Crippen molar-refractivity contribution in [2.75, 3.05) is 31.8 Å². The van der Waals surface area contributed by atoms with Gasteiger partial charge in [-0.25, -0.2) is 4.98 Å². The van der Waals surface area contributed by atoms with Gasteiger partial charge in [-0.05, 0) is 66.5 Å². The van der Waals surface area contributed by atoms with Crippen LogP contribution in [0.25, 0.3) is 0 Å². The second-order valence-corrected chi connectivity index (χ2v) is 13.1. The first-order chi connectivity index (χ1) is 21.7. The smallest absolute Gasteiger partial charge is 0.421 e. The molecule has 0 radical (unpaired) electrons. The molecule has 246 valence electrons. The third-order valence-corrected chi connectivity index (χ3v) is 9.11. The second-order valence-electron chi connectivity index (χ2n) is 11.4. The number of anilines is 4. The van der Waals surface area contributed by atoms with E-state index in [1.807, 2.05) is 6.07 Å². The average molecular weight is 663 g/mol. The van der Waals surface area contributed by atoms with Crippen molar-refractivity contribution in [3.63, 3.8) is 0 Å². The molecule has 2 heterocycles. The molecule has 5 N–H and O–H groups in total. The Morgan fingerprint density at radius 2 is 1.80 bits per heavy atom. The molecule has 0 atom stereocenters. The van der Waals surface area contributed by atoms with Crippen LogP contribution in [0.4, 0.5) is 36.3 Å². The molecule has 1 fully saturated rings. The molecule has 1 saturated carbocycles. The Labute approximate surface area is 262 Å². The molecular weight excluding hydrogens is 628 g/mol. The van der Waals surface area contributed by atoms with Crippen molar-refractivity contribution in [3.8, 4) is 5.75 Å². The Bertz CT molecular complexity index is 1710. The highest BCUT2D eigenvalue weighted by molar-refractivity contribution is 7.50. The first-order valence-electron chi connectivity index (χ1n) is 14.5. The Hall–Kier alpha value is -4.20. The van der Waals surface area contributed by atoms with E-state index in [-0.39, 0.29) is 57.8 Å². The lowest BCUT2D eigenvalue weighted by molar-refractivity contribution is -0.137. The SMILES string of the molecule is CNC(=O)[C@H]1CC[C@@H](c2ccc(Nc3nc(Nc4ccc(CP(=O)(O)O)cc4OC)ncc3C(F)(F)F)c3c2CN(C)C3=O)CC1. The standard InChI is InChI=1S/C30H34F3N6O6P/c1-34-27(40)18-7-5-17(6-8-18)19-9-11-23(25-20(19)14-39(2)28(25)41)36-26-21(30(31,32)33)13-35-29(38-26)37-22-10-4-16(12-24(22)45-3)15-46(42,43)44/h4,9-13,17-18H,5-8,14-15H2,1-3H3,(H,34,40)(H2,42,43,44)(H2,35,36,37,38)/t17-,18+. The van der Waals surface area contributed by atoms with Crippen LogP contribution in [0.3, 0.4) is 0 Å². The number of alkyl halides is 3. The number of halogens is 3. The van der Waals surface area contributed by atoms with E-state index in [0.29, 0.717) is 25.6 Å². The number of rotatable bonds is 9. The Morgan fingerprint density at radius 1 is 1.11 bits per heavy atom. The summed E-state index contributed by atoms with van der Waals surface area (Å²) in [5, 5.41) is 8.25. The molecule has 0 spiro atoms. The molecular formula is C30H34F3N6O6P. The lowest BCUT2D eigenvalue weighted by Gasteiger charge is -2.29. The van der Waals surface area contributed by atoms with Gasteiger partial charge in [0.25, 0.3) is 5.91 Å². The maximum absolute atomic E-state index is 14.1. The summed E-state index contributed by atoms with van der Waals surface area (Å²) in [6.45, 7) is 0.301. The molecule has 1 aliphatic heterocycles. The summed E-state index contributed by atoms with van der Waals surface area (Å²) < 4.78 is 59.1. The Balaban J connectivity index is 1.47. The molecule has 5 rings (SSSR count). The zero-order chi connectivity index (χ0) is 33.4. The van der Waals surface area contributed by atoms with Crippen LogP contribution in [0.15, 0.2) is 36.5 Å². The lowest BCUT2D eigenvalue weighted by Crippen LogP contribution is -2.30. The molecule has 46 heavy (non-hydrogen) atoms. The maximum Gasteiger partial charge on any atom is 0.421 e. The number of methoxy groups -OCH3 is 1. The van der Waals surface area contributed by atoms with Gasteiger partial charge in [0.05, 0.1) is 30.2 Å². The number of hydrogen-bond donors (Lipinski definition) is 5. The molecule has 0 saturated heterocycles. The van der Waals surface area contributed by atoms with E-state index in [2.05, 4.69) is 25.9 Å². The number of hydrogen-bond acceptors (Lipinski definition) is 8. The van der Waals surface area contributed by atoms with Crippen LogP contribution in [0.1, 0.15) is 64.2 Å². The summed E-state index contributed by atoms with van der Waals surface area (Å²) in [4.78, 5) is 53.4. The van der Waals surface area contributed by atoms with Gasteiger partial charge in [-0.15, -0.1) is 0 Å². The normalized spacial score (nSPS) is 18.3. The summed E-state index contributed by atoms with van der Waals surface area (Å²) in [5.41, 5.74) is 1.52. The predicted molar refractivity (Wildman–Crippen MR) is 163 cm³/mol. The Kier molecular flexibility index (Phi) is 9.30. The quantitative estimate of drug-likeness (QED) is 0.191. The van der Waals surface area contributed by atoms with E-state index in [0.717, 1.165) is 24.0 Å². The molecule has 1 aliphatic carbocycles. The van der Waals surface area contributed by atoms with Crippen LogP contribution in [0.2, 0.25) is 0 Å². The minimum absolute atomic E-state index is 0.00711. The van der Waals surface area contributed by atoms with Gasteiger partial charge in [-0.1, -0.05) is 12.1 Å². The molecule has 16 heteroatoms. The van der Waals surface area contributed by atoms with E-state index in [1.165, 1.54) is 30.2 Å². The van der Waals surface area contributed by atoms with Crippen molar-refractivity contribution in [2.24, 2.45) is 5.92 Å². The van der Waals surface area contributed by atoms with E-state index >= 15 is 0 Å². The van der Waals surface area contributed by atoms with Crippen molar-refractivity contribution < 1.29 is 41.8 Å². The number of aromatic nitrogens is 2. The van der Waals surface area contributed by atoms with Crippen LogP contribution in [0.5, 0.6) is 5.75 Å². The van der Waals surface area contributed by atoms with Gasteiger partial charge in [0.2, 0.25) is 11.9 Å². The zero-order valence-electron chi connectivity index (χ0n) is 25.3. The van der Waals surface area contributed by atoms with Crippen molar-refractivity contribution in [3.05, 3.63) is 64.3 Å². The van der Waals surface area contributed by atoms with Gasteiger partial charge in [-0.3, -0.25) is 14.2 Å². The fraction of sp³-hybridized carbons (Fsp3) is 0.400. The first kappa shape index (κ1) is 33.2. The minimum Gasteiger partial charge on any atom is -0.495 e. The summed E-state index contributed by atoms with van der Waals surface area (Å²) in [6.07, 6.45) is -1.83. The summed E-state index contributed by atoms with van der Waals surface area (Å²) >= 11 is 0. The number of nitrogens with zero attached hydrogens (tertiary/aromatic N) is 3. The number of carbonyl (C=O) groups is 2. The fourth-order valence-corrected chi connectivity index (χ4v) is 6.78. The average Bonchev–Trinajstić information content (AvgIpc) is 3.30. The molecule has 2 amide bonds. The van der Waals surface area contributed by atoms with Gasteiger partial charge >= 0.3 is 13.8 Å². The number of fused-ring (bicyclic) bond motifs is 1. The summed E-state index contributed by atoms with van der Waals surface area (Å²) in [6, 6.07) is 7.69. The van der Waals surface area contributed by atoms with E-state index in [9.17, 15) is 37.1 Å². The lowest BCUT2D eigenvalue weighted by atomic mass is 9.76. The van der Waals surface area contributed by atoms with Crippen molar-refractivity contribution in [1.29, 1.82) is 0 Å². The first-order valence-corrected chi connectivity index (χ1v) is 16.3. The summed E-state index contributed by atoms with van der Waals surface area (Å²) in [7, 11) is 0.219. The second kappa shape index (κ2) is 12.9. The van der Waals surface area contributed by atoms with Gasteiger partial charge in [-0.2, -0.15) is 18.2 Å². The molecule has 2 aliphatic rings. The topological polar surface area (TPSA) is 166 Å². The summed E-state index contributed by atoms with van der Waals surface area (Å²) in [5.74, 6) is -0.931. The number of amides is 2. The van der Waals surface area contributed by atoms with E-state index in [1.54, 1.807) is 20.2 Å². The number of carbonyl (C=O) groups excluding carboxylic acids is 2. The number of ether oxygens (including phenoxy) is 1. The van der Waals surface area contributed by atoms with E-state index in [4.69, 9.17) is 4.74 Å². The van der Waals surface area contributed by atoms with Gasteiger partial charge in [0, 0.05) is 32.8 Å². The van der Waals surface area contributed by atoms with Crippen LogP contribution in [-0.4, -0.2) is 57.7 Å². The van der Waals surface area contributed by atoms with Crippen molar-refractivity contribution in [1.82, 2.24) is 20.2 Å². The molecule has 1 aromatic heterocycles. The van der Waals surface area contributed by atoms with Gasteiger partial charge in [0.1, 0.15) is 17.1 Å². The number of nitrogens with one attached hydrogen (secondary N) is 3.